The molecule has 1 heterocycles. The lowest BCUT2D eigenvalue weighted by Crippen LogP contribution is -2.11. The molecule has 1 aliphatic rings. The summed E-state index contributed by atoms with van der Waals surface area (Å²) in [6, 6.07) is 0. The van der Waals surface area contributed by atoms with E-state index in [1.54, 1.807) is 5.41 Å². The van der Waals surface area contributed by atoms with E-state index in [0.29, 0.717) is 0 Å². The molecule has 0 saturated heterocycles. The van der Waals surface area contributed by atoms with Crippen LogP contribution in [0.25, 0.3) is 0 Å². The number of hydrogen-bond acceptors (Lipinski definition) is 1. The van der Waals surface area contributed by atoms with Crippen LogP contribution in [-0.4, -0.2) is 9.46 Å². The molecule has 0 aliphatic carbocycles. The molecule has 9 heavy (non-hydrogen) atoms. The highest BCUT2D eigenvalue weighted by Gasteiger charge is 2.22. The van der Waals surface area contributed by atoms with Crippen LogP contribution in [0.4, 0.5) is 0 Å². The summed E-state index contributed by atoms with van der Waals surface area (Å²) in [5.74, 6) is 2.65. The standard InChI is InChI=1S/C7H8OS/c1-3-7-4-5-9(8)6(7)2/h1,4-7H,2H3. The van der Waals surface area contributed by atoms with Gasteiger partial charge < -0.3 is 0 Å². The van der Waals surface area contributed by atoms with E-state index >= 15 is 0 Å². The van der Waals surface area contributed by atoms with E-state index in [1.807, 2.05) is 13.0 Å². The number of allylic oxidation sites excluding steroid dienone is 1. The van der Waals surface area contributed by atoms with Gasteiger partial charge in [0.1, 0.15) is 0 Å². The van der Waals surface area contributed by atoms with Crippen LogP contribution in [0.5, 0.6) is 0 Å². The fraction of sp³-hybridized carbons (Fsp3) is 0.429. The van der Waals surface area contributed by atoms with Gasteiger partial charge >= 0.3 is 0 Å². The molecule has 0 aromatic heterocycles. The van der Waals surface area contributed by atoms with Gasteiger partial charge in [-0.2, -0.15) is 0 Å². The van der Waals surface area contributed by atoms with Crippen LogP contribution in [0.2, 0.25) is 0 Å². The van der Waals surface area contributed by atoms with Gasteiger partial charge in [-0.1, -0.05) is 12.0 Å². The Kier molecular flexibility index (Phi) is 1.73. The average molecular weight is 140 g/mol. The Morgan fingerprint density at radius 3 is 2.67 bits per heavy atom. The molecule has 1 nitrogen and oxygen atoms in total. The highest BCUT2D eigenvalue weighted by atomic mass is 32.2. The molecule has 2 heteroatoms. The van der Waals surface area contributed by atoms with Crippen molar-refractivity contribution in [3.05, 3.63) is 11.5 Å². The van der Waals surface area contributed by atoms with Crippen molar-refractivity contribution in [2.75, 3.05) is 0 Å². The van der Waals surface area contributed by atoms with Gasteiger partial charge in [0, 0.05) is 16.2 Å². The average Bonchev–Trinajstić information content (AvgIpc) is 2.15. The van der Waals surface area contributed by atoms with E-state index < -0.39 is 10.8 Å². The molecule has 48 valence electrons. The summed E-state index contributed by atoms with van der Waals surface area (Å²) in [5, 5.41) is 1.80. The van der Waals surface area contributed by atoms with Crippen molar-refractivity contribution in [2.45, 2.75) is 12.2 Å². The molecular weight excluding hydrogens is 132 g/mol. The SMILES string of the molecule is C#CC1C=CS(=O)C1C. The van der Waals surface area contributed by atoms with E-state index in [1.165, 1.54) is 0 Å². The zero-order chi connectivity index (χ0) is 6.85. The Morgan fingerprint density at radius 1 is 1.78 bits per heavy atom. The zero-order valence-corrected chi connectivity index (χ0v) is 6.02. The topological polar surface area (TPSA) is 17.1 Å². The van der Waals surface area contributed by atoms with Crippen molar-refractivity contribution in [3.8, 4) is 12.3 Å². The smallest absolute Gasteiger partial charge is 0.0533 e. The van der Waals surface area contributed by atoms with Crippen LogP contribution >= 0.6 is 0 Å². The van der Waals surface area contributed by atoms with E-state index in [9.17, 15) is 4.21 Å². The molecular formula is C7H8OS. The van der Waals surface area contributed by atoms with Crippen molar-refractivity contribution < 1.29 is 4.21 Å². The van der Waals surface area contributed by atoms with Crippen molar-refractivity contribution in [1.82, 2.24) is 0 Å². The van der Waals surface area contributed by atoms with Gasteiger partial charge in [-0.15, -0.1) is 6.42 Å². The molecule has 0 aromatic rings. The third kappa shape index (κ3) is 1.06. The van der Waals surface area contributed by atoms with Crippen LogP contribution in [0.1, 0.15) is 6.92 Å². The van der Waals surface area contributed by atoms with Crippen LogP contribution < -0.4 is 0 Å². The molecule has 0 saturated carbocycles. The number of terminal acetylenes is 1. The molecule has 0 aromatic carbocycles. The van der Waals surface area contributed by atoms with Crippen LogP contribution in [0.15, 0.2) is 11.5 Å². The van der Waals surface area contributed by atoms with Gasteiger partial charge in [-0.25, -0.2) is 0 Å². The predicted molar refractivity (Wildman–Crippen MR) is 39.1 cm³/mol. The van der Waals surface area contributed by atoms with Crippen LogP contribution in [0.3, 0.4) is 0 Å². The summed E-state index contributed by atoms with van der Waals surface area (Å²) >= 11 is 0. The fourth-order valence-corrected chi connectivity index (χ4v) is 1.81. The van der Waals surface area contributed by atoms with Crippen molar-refractivity contribution in [3.63, 3.8) is 0 Å². The molecule has 0 radical (unpaired) electrons. The molecule has 3 unspecified atom stereocenters. The first-order valence-electron chi connectivity index (χ1n) is 2.79. The fourth-order valence-electron chi connectivity index (χ4n) is 0.778. The first kappa shape index (κ1) is 6.57. The Hall–Kier alpha value is -0.550. The van der Waals surface area contributed by atoms with Gasteiger partial charge in [-0.05, 0) is 6.92 Å². The van der Waals surface area contributed by atoms with Gasteiger partial charge in [-0.3, -0.25) is 4.21 Å². The maximum Gasteiger partial charge on any atom is 0.0533 e. The second-order valence-corrected chi connectivity index (χ2v) is 3.73. The first-order valence-corrected chi connectivity index (χ1v) is 4.07. The molecule has 1 aliphatic heterocycles. The Bertz CT molecular complexity index is 199. The third-order valence-corrected chi connectivity index (χ3v) is 2.94. The summed E-state index contributed by atoms with van der Waals surface area (Å²) in [7, 11) is -0.821. The predicted octanol–water partition coefficient (Wildman–Crippen LogP) is 0.900. The third-order valence-electron chi connectivity index (χ3n) is 1.48. The largest absolute Gasteiger partial charge is 0.255 e. The lowest BCUT2D eigenvalue weighted by atomic mass is 10.1. The van der Waals surface area contributed by atoms with Crippen molar-refractivity contribution >= 4 is 10.8 Å². The van der Waals surface area contributed by atoms with E-state index in [0.717, 1.165) is 0 Å². The normalized spacial score (nSPS) is 40.7. The van der Waals surface area contributed by atoms with Gasteiger partial charge in [0.15, 0.2) is 0 Å². The Morgan fingerprint density at radius 2 is 2.44 bits per heavy atom. The van der Waals surface area contributed by atoms with Gasteiger partial charge in [0.05, 0.1) is 11.2 Å². The summed E-state index contributed by atoms with van der Waals surface area (Å²) in [6.07, 6.45) is 6.98. The van der Waals surface area contributed by atoms with E-state index in [-0.39, 0.29) is 11.2 Å². The second-order valence-electron chi connectivity index (χ2n) is 2.05. The van der Waals surface area contributed by atoms with E-state index in [2.05, 4.69) is 5.92 Å². The summed E-state index contributed by atoms with van der Waals surface area (Å²) in [6.45, 7) is 1.90. The number of hydrogen-bond donors (Lipinski definition) is 0. The minimum absolute atomic E-state index is 0.0887. The molecule has 0 bridgehead atoms. The maximum absolute atomic E-state index is 10.9. The Balaban J connectivity index is 2.76. The minimum atomic E-state index is -0.821. The molecule has 0 spiro atoms. The van der Waals surface area contributed by atoms with Crippen LogP contribution in [-0.2, 0) is 10.8 Å². The minimum Gasteiger partial charge on any atom is -0.255 e. The first-order chi connectivity index (χ1) is 4.25. The van der Waals surface area contributed by atoms with Crippen LogP contribution in [0, 0.1) is 18.3 Å². The lowest BCUT2D eigenvalue weighted by Gasteiger charge is -2.03. The maximum atomic E-state index is 10.9. The molecule has 0 amide bonds. The summed E-state index contributed by atoms with van der Waals surface area (Å²) in [5.41, 5.74) is 0. The van der Waals surface area contributed by atoms with Crippen molar-refractivity contribution in [2.24, 2.45) is 5.92 Å². The quantitative estimate of drug-likeness (QED) is 0.457. The molecule has 1 rings (SSSR count). The summed E-state index contributed by atoms with van der Waals surface area (Å²) in [4.78, 5) is 0. The molecule has 0 N–H and O–H groups in total. The monoisotopic (exact) mass is 140 g/mol. The second kappa shape index (κ2) is 2.36. The molecule has 3 atom stereocenters. The van der Waals surface area contributed by atoms with E-state index in [4.69, 9.17) is 6.42 Å². The van der Waals surface area contributed by atoms with Crippen molar-refractivity contribution in [1.29, 1.82) is 0 Å². The highest BCUT2D eigenvalue weighted by Crippen LogP contribution is 2.18. The Labute approximate surface area is 57.6 Å². The zero-order valence-electron chi connectivity index (χ0n) is 5.20. The van der Waals surface area contributed by atoms with Gasteiger partial charge in [0.2, 0.25) is 0 Å². The summed E-state index contributed by atoms with van der Waals surface area (Å²) < 4.78 is 10.9. The van der Waals surface area contributed by atoms with Gasteiger partial charge in [0.25, 0.3) is 0 Å². The number of rotatable bonds is 0. The highest BCUT2D eigenvalue weighted by molar-refractivity contribution is 7.88. The lowest BCUT2D eigenvalue weighted by molar-refractivity contribution is 0.674. The molecule has 0 fully saturated rings.